The number of aryl methyl sites for hydroxylation is 1. The van der Waals surface area contributed by atoms with E-state index in [1.54, 1.807) is 7.05 Å². The number of hydrogen-bond donors (Lipinski definition) is 2. The van der Waals surface area contributed by atoms with Crippen molar-refractivity contribution in [3.05, 3.63) is 27.2 Å². The minimum absolute atomic E-state index is 0.351. The fraction of sp³-hybridized carbons (Fsp3) is 0.821. The molecule has 0 bridgehead atoms. The van der Waals surface area contributed by atoms with E-state index in [-0.39, 0.29) is 11.2 Å². The Morgan fingerprint density at radius 3 is 2.03 bits per heavy atom. The number of piperidine rings is 1. The first-order valence-corrected chi connectivity index (χ1v) is 14.4. The van der Waals surface area contributed by atoms with E-state index in [0.717, 1.165) is 11.0 Å². The minimum atomic E-state index is -0.371. The average molecular weight is 506 g/mol. The molecule has 1 aliphatic heterocycles. The molecule has 36 heavy (non-hydrogen) atoms. The summed E-state index contributed by atoms with van der Waals surface area (Å²) in [5.74, 6) is 0. The zero-order valence-electron chi connectivity index (χ0n) is 23.1. The molecule has 3 rings (SSSR count). The number of nitrogens with zero attached hydrogens (tertiary/aromatic N) is 4. The quantitative estimate of drug-likeness (QED) is 0.336. The third kappa shape index (κ3) is 9.85. The van der Waals surface area contributed by atoms with Crippen LogP contribution in [0.1, 0.15) is 110 Å². The summed E-state index contributed by atoms with van der Waals surface area (Å²) in [7, 11) is 3.01. The molecule has 2 N–H and O–H groups in total. The summed E-state index contributed by atoms with van der Waals surface area (Å²) >= 11 is 0. The number of fused-ring (bicyclic) bond motifs is 1. The molecule has 206 valence electrons. The van der Waals surface area contributed by atoms with E-state index in [1.807, 2.05) is 0 Å². The largest absolute Gasteiger partial charge is 0.396 e. The summed E-state index contributed by atoms with van der Waals surface area (Å²) < 4.78 is 2.37. The highest BCUT2D eigenvalue weighted by Gasteiger charge is 2.19. The molecule has 0 aromatic carbocycles. The second kappa shape index (κ2) is 17.5. The summed E-state index contributed by atoms with van der Waals surface area (Å²) in [6, 6.07) is 0.652. The zero-order valence-corrected chi connectivity index (χ0v) is 23.1. The van der Waals surface area contributed by atoms with Gasteiger partial charge in [0.25, 0.3) is 5.56 Å². The Labute approximate surface area is 217 Å². The standard InChI is InChI=1S/C21H43NO.C7H8N4O2/c1-2-3-4-5-6-7-8-9-10-11-13-16-21(17-20-23)22-18-14-12-15-19-22;1-10-5-4(8-3-9-5)6(12)11(2)7(10)13/h21,23H,2-20H2,1H3;3H,1-2H3,(H,8,9). The van der Waals surface area contributed by atoms with Gasteiger partial charge in [0.15, 0.2) is 5.65 Å². The van der Waals surface area contributed by atoms with Crippen molar-refractivity contribution in [3.63, 3.8) is 0 Å². The Balaban J connectivity index is 0.000000293. The van der Waals surface area contributed by atoms with Crippen LogP contribution < -0.4 is 11.2 Å². The van der Waals surface area contributed by atoms with Gasteiger partial charge in [-0.2, -0.15) is 0 Å². The number of nitrogens with one attached hydrogen (secondary N) is 1. The highest BCUT2D eigenvalue weighted by molar-refractivity contribution is 5.68. The lowest BCUT2D eigenvalue weighted by Gasteiger charge is -2.34. The summed E-state index contributed by atoms with van der Waals surface area (Å²) in [5, 5.41) is 9.32. The molecule has 1 fully saturated rings. The van der Waals surface area contributed by atoms with E-state index in [4.69, 9.17) is 0 Å². The Morgan fingerprint density at radius 2 is 1.44 bits per heavy atom. The van der Waals surface area contributed by atoms with Gasteiger partial charge in [0, 0.05) is 26.7 Å². The fourth-order valence-electron chi connectivity index (χ4n) is 5.26. The van der Waals surface area contributed by atoms with Crippen molar-refractivity contribution in [2.45, 2.75) is 116 Å². The van der Waals surface area contributed by atoms with Crippen LogP contribution in [0.4, 0.5) is 0 Å². The highest BCUT2D eigenvalue weighted by Crippen LogP contribution is 2.19. The first-order valence-electron chi connectivity index (χ1n) is 14.4. The molecule has 2 aromatic heterocycles. The van der Waals surface area contributed by atoms with Gasteiger partial charge >= 0.3 is 5.69 Å². The number of rotatable bonds is 15. The zero-order chi connectivity index (χ0) is 26.2. The number of H-pyrrole nitrogens is 1. The molecule has 3 heterocycles. The molecule has 1 saturated heterocycles. The average Bonchev–Trinajstić information content (AvgIpc) is 3.40. The number of imidazole rings is 1. The molecule has 0 aliphatic carbocycles. The predicted molar refractivity (Wildman–Crippen MR) is 149 cm³/mol. The van der Waals surface area contributed by atoms with Crippen molar-refractivity contribution in [2.24, 2.45) is 14.1 Å². The maximum Gasteiger partial charge on any atom is 0.332 e. The van der Waals surface area contributed by atoms with Crippen LogP contribution in [0.5, 0.6) is 0 Å². The van der Waals surface area contributed by atoms with Gasteiger partial charge in [0.05, 0.1) is 6.33 Å². The van der Waals surface area contributed by atoms with Crippen LogP contribution in [-0.4, -0.2) is 54.8 Å². The van der Waals surface area contributed by atoms with Crippen LogP contribution in [0.25, 0.3) is 11.2 Å². The Kier molecular flexibility index (Phi) is 14.7. The monoisotopic (exact) mass is 505 g/mol. The van der Waals surface area contributed by atoms with Gasteiger partial charge in [-0.15, -0.1) is 0 Å². The first-order chi connectivity index (χ1) is 17.5. The van der Waals surface area contributed by atoms with E-state index in [9.17, 15) is 14.7 Å². The van der Waals surface area contributed by atoms with E-state index in [0.29, 0.717) is 23.8 Å². The second-order valence-corrected chi connectivity index (χ2v) is 10.4. The lowest BCUT2D eigenvalue weighted by Crippen LogP contribution is -2.39. The van der Waals surface area contributed by atoms with Gasteiger partial charge in [-0.25, -0.2) is 9.78 Å². The second-order valence-electron chi connectivity index (χ2n) is 10.4. The van der Waals surface area contributed by atoms with Gasteiger partial charge < -0.3 is 15.0 Å². The number of likely N-dealkylation sites (tertiary alicyclic amines) is 1. The summed E-state index contributed by atoms with van der Waals surface area (Å²) in [6.07, 6.45) is 23.4. The molecule has 0 saturated carbocycles. The Morgan fingerprint density at radius 1 is 0.861 bits per heavy atom. The minimum Gasteiger partial charge on any atom is -0.396 e. The summed E-state index contributed by atoms with van der Waals surface area (Å²) in [5.41, 5.74) is 0.0119. The van der Waals surface area contributed by atoms with Crippen molar-refractivity contribution < 1.29 is 5.11 Å². The smallest absolute Gasteiger partial charge is 0.332 e. The molecule has 1 atom stereocenters. The van der Waals surface area contributed by atoms with Crippen LogP contribution in [-0.2, 0) is 14.1 Å². The number of hydrogen-bond acceptors (Lipinski definition) is 5. The maximum absolute atomic E-state index is 11.4. The molecule has 1 unspecified atom stereocenters. The number of unbranched alkanes of at least 4 members (excludes halogenated alkanes) is 10. The summed E-state index contributed by atoms with van der Waals surface area (Å²) in [4.78, 5) is 32.0. The van der Waals surface area contributed by atoms with E-state index < -0.39 is 0 Å². The first kappa shape index (κ1) is 30.3. The van der Waals surface area contributed by atoms with E-state index in [2.05, 4.69) is 21.8 Å². The Bertz CT molecular complexity index is 958. The van der Waals surface area contributed by atoms with Gasteiger partial charge in [-0.05, 0) is 38.8 Å². The predicted octanol–water partition coefficient (Wildman–Crippen LogP) is 4.88. The van der Waals surface area contributed by atoms with Crippen molar-refractivity contribution in [1.29, 1.82) is 0 Å². The molecular formula is C28H51N5O3. The highest BCUT2D eigenvalue weighted by atomic mass is 16.3. The van der Waals surface area contributed by atoms with Gasteiger partial charge in [0.2, 0.25) is 0 Å². The molecule has 2 aromatic rings. The van der Waals surface area contributed by atoms with Crippen molar-refractivity contribution in [1.82, 2.24) is 24.0 Å². The third-order valence-electron chi connectivity index (χ3n) is 7.54. The van der Waals surface area contributed by atoms with Crippen molar-refractivity contribution in [2.75, 3.05) is 19.7 Å². The summed E-state index contributed by atoms with van der Waals surface area (Å²) in [6.45, 7) is 5.18. The van der Waals surface area contributed by atoms with Gasteiger partial charge in [-0.1, -0.05) is 84.0 Å². The third-order valence-corrected chi connectivity index (χ3v) is 7.54. The lowest BCUT2D eigenvalue weighted by atomic mass is 9.99. The molecule has 0 spiro atoms. The lowest BCUT2D eigenvalue weighted by molar-refractivity contribution is 0.124. The normalized spacial score (nSPS) is 15.1. The number of aliphatic hydroxyl groups is 1. The van der Waals surface area contributed by atoms with E-state index in [1.165, 1.54) is 127 Å². The number of aromatic amines is 1. The van der Waals surface area contributed by atoms with Crippen LogP contribution >= 0.6 is 0 Å². The Hall–Kier alpha value is -1.93. The van der Waals surface area contributed by atoms with Gasteiger partial charge in [0.1, 0.15) is 5.52 Å². The van der Waals surface area contributed by atoms with Crippen LogP contribution in [0.3, 0.4) is 0 Å². The molecule has 8 nitrogen and oxygen atoms in total. The maximum atomic E-state index is 11.4. The van der Waals surface area contributed by atoms with Crippen LogP contribution in [0.2, 0.25) is 0 Å². The van der Waals surface area contributed by atoms with Crippen LogP contribution in [0, 0.1) is 0 Å². The SMILES string of the molecule is CCCCCCCCCCCCCC(CCO)N1CCCCC1.Cn1c(=O)c2[nH]cnc2n(C)c1=O. The number of aliphatic hydroxyl groups excluding tert-OH is 1. The fourth-order valence-corrected chi connectivity index (χ4v) is 5.26. The van der Waals surface area contributed by atoms with Crippen LogP contribution in [0.15, 0.2) is 15.9 Å². The molecule has 0 radical (unpaired) electrons. The van der Waals surface area contributed by atoms with Gasteiger partial charge in [-0.3, -0.25) is 13.9 Å². The van der Waals surface area contributed by atoms with Crippen molar-refractivity contribution >= 4 is 11.2 Å². The molecule has 1 aliphatic rings. The molecular weight excluding hydrogens is 454 g/mol. The topological polar surface area (TPSA) is 96.2 Å². The molecule has 0 amide bonds. The van der Waals surface area contributed by atoms with E-state index >= 15 is 0 Å². The molecule has 8 heteroatoms. The van der Waals surface area contributed by atoms with Crippen molar-refractivity contribution in [3.8, 4) is 0 Å². The number of aromatic nitrogens is 4.